The molecule has 0 bridgehead atoms. The van der Waals surface area contributed by atoms with Crippen LogP contribution in [-0.2, 0) is 12.7 Å². The highest BCUT2D eigenvalue weighted by molar-refractivity contribution is 7.15. The van der Waals surface area contributed by atoms with Gasteiger partial charge in [-0.15, -0.1) is 11.3 Å². The van der Waals surface area contributed by atoms with Gasteiger partial charge in [0.25, 0.3) is 0 Å². The van der Waals surface area contributed by atoms with E-state index < -0.39 is 11.7 Å². The van der Waals surface area contributed by atoms with Crippen LogP contribution in [0, 0.1) is 0 Å². The van der Waals surface area contributed by atoms with Crippen LogP contribution in [0.5, 0.6) is 0 Å². The van der Waals surface area contributed by atoms with Crippen molar-refractivity contribution in [2.75, 3.05) is 12.3 Å². The number of nitrogen functional groups attached to an aromatic ring is 1. The van der Waals surface area contributed by atoms with Crippen molar-refractivity contribution >= 4 is 16.5 Å². The van der Waals surface area contributed by atoms with Crippen molar-refractivity contribution in [3.63, 3.8) is 0 Å². The summed E-state index contributed by atoms with van der Waals surface area (Å²) >= 11 is 1.36. The standard InChI is InChI=1S/C17H20F3N3S/c1-11-5-2-3-8-23(11)10-14-15(22-16(21)24-14)12-6-4-7-13(9-12)17(18,19)20/h4,6-7,9,11H,2-3,5,8,10H2,1H3,(H2,21,22)/t11-/m1/s1. The van der Waals surface area contributed by atoms with Crippen molar-refractivity contribution < 1.29 is 13.2 Å². The van der Waals surface area contributed by atoms with E-state index in [1.165, 1.54) is 23.8 Å². The highest BCUT2D eigenvalue weighted by Gasteiger charge is 2.31. The maximum absolute atomic E-state index is 13.0. The van der Waals surface area contributed by atoms with Crippen LogP contribution >= 0.6 is 11.3 Å². The van der Waals surface area contributed by atoms with Crippen molar-refractivity contribution in [3.05, 3.63) is 34.7 Å². The van der Waals surface area contributed by atoms with Gasteiger partial charge in [0.15, 0.2) is 5.13 Å². The molecule has 2 heterocycles. The highest BCUT2D eigenvalue weighted by Crippen LogP contribution is 2.36. The van der Waals surface area contributed by atoms with E-state index in [9.17, 15) is 13.2 Å². The maximum Gasteiger partial charge on any atom is 0.416 e. The van der Waals surface area contributed by atoms with E-state index in [1.807, 2.05) is 0 Å². The number of thiazole rings is 1. The summed E-state index contributed by atoms with van der Waals surface area (Å²) in [5.74, 6) is 0. The summed E-state index contributed by atoms with van der Waals surface area (Å²) in [6, 6.07) is 5.77. The lowest BCUT2D eigenvalue weighted by atomic mass is 10.0. The monoisotopic (exact) mass is 355 g/mol. The number of halogens is 3. The Balaban J connectivity index is 1.92. The summed E-state index contributed by atoms with van der Waals surface area (Å²) in [4.78, 5) is 7.58. The van der Waals surface area contributed by atoms with Gasteiger partial charge in [-0.25, -0.2) is 4.98 Å². The average Bonchev–Trinajstić information content (AvgIpc) is 2.89. The molecule has 0 spiro atoms. The molecule has 1 aromatic heterocycles. The summed E-state index contributed by atoms with van der Waals surface area (Å²) < 4.78 is 38.9. The Hall–Kier alpha value is -1.60. The Kier molecular flexibility index (Phi) is 4.83. The molecule has 2 aromatic rings. The Bertz CT molecular complexity index is 711. The Morgan fingerprint density at radius 2 is 2.12 bits per heavy atom. The van der Waals surface area contributed by atoms with Crippen LogP contribution in [0.15, 0.2) is 24.3 Å². The molecule has 0 radical (unpaired) electrons. The fraction of sp³-hybridized carbons (Fsp3) is 0.471. The number of benzene rings is 1. The number of hydrogen-bond acceptors (Lipinski definition) is 4. The number of hydrogen-bond donors (Lipinski definition) is 1. The molecule has 1 aromatic carbocycles. The zero-order valence-electron chi connectivity index (χ0n) is 13.4. The SMILES string of the molecule is C[C@@H]1CCCCN1Cc1sc(N)nc1-c1cccc(C(F)(F)F)c1. The van der Waals surface area contributed by atoms with Gasteiger partial charge in [0.2, 0.25) is 0 Å². The molecule has 1 saturated heterocycles. The quantitative estimate of drug-likeness (QED) is 0.861. The fourth-order valence-electron chi connectivity index (χ4n) is 3.12. The molecule has 0 saturated carbocycles. The van der Waals surface area contributed by atoms with Crippen molar-refractivity contribution in [1.82, 2.24) is 9.88 Å². The Labute approximate surface area is 143 Å². The number of alkyl halides is 3. The lowest BCUT2D eigenvalue weighted by Gasteiger charge is -2.33. The molecule has 3 rings (SSSR count). The number of aromatic nitrogens is 1. The van der Waals surface area contributed by atoms with Crippen molar-refractivity contribution in [2.24, 2.45) is 0 Å². The van der Waals surface area contributed by atoms with Crippen molar-refractivity contribution in [2.45, 2.75) is 44.9 Å². The summed E-state index contributed by atoms with van der Waals surface area (Å²) in [5, 5.41) is 0.391. The predicted octanol–water partition coefficient (Wildman–Crippen LogP) is 4.79. The number of likely N-dealkylation sites (tertiary alicyclic amines) is 1. The van der Waals surface area contributed by atoms with Crippen LogP contribution < -0.4 is 5.73 Å². The second kappa shape index (κ2) is 6.72. The molecular weight excluding hydrogens is 335 g/mol. The number of nitrogens with two attached hydrogens (primary N) is 1. The molecule has 24 heavy (non-hydrogen) atoms. The second-order valence-electron chi connectivity index (χ2n) is 6.22. The highest BCUT2D eigenvalue weighted by atomic mass is 32.1. The van der Waals surface area contributed by atoms with Crippen LogP contribution in [-0.4, -0.2) is 22.5 Å². The van der Waals surface area contributed by atoms with Crippen LogP contribution in [0.1, 0.15) is 36.6 Å². The molecule has 7 heteroatoms. The van der Waals surface area contributed by atoms with Gasteiger partial charge in [0.05, 0.1) is 11.3 Å². The van der Waals surface area contributed by atoms with Gasteiger partial charge in [0, 0.05) is 23.0 Å². The van der Waals surface area contributed by atoms with E-state index >= 15 is 0 Å². The topological polar surface area (TPSA) is 42.1 Å². The molecule has 1 aliphatic rings. The molecule has 3 nitrogen and oxygen atoms in total. The first kappa shape index (κ1) is 17.2. The molecule has 0 unspecified atom stereocenters. The molecule has 1 aliphatic heterocycles. The molecular formula is C17H20F3N3S. The summed E-state index contributed by atoms with van der Waals surface area (Å²) in [5.41, 5.74) is 6.22. The third-order valence-corrected chi connectivity index (χ3v) is 5.33. The van der Waals surface area contributed by atoms with E-state index in [1.54, 1.807) is 6.07 Å². The zero-order valence-corrected chi connectivity index (χ0v) is 14.3. The van der Waals surface area contributed by atoms with Crippen molar-refractivity contribution in [3.8, 4) is 11.3 Å². The minimum absolute atomic E-state index is 0.391. The summed E-state index contributed by atoms with van der Waals surface area (Å²) in [6.07, 6.45) is -0.840. The smallest absolute Gasteiger partial charge is 0.375 e. The molecule has 0 amide bonds. The first-order valence-corrected chi connectivity index (χ1v) is 8.83. The second-order valence-corrected chi connectivity index (χ2v) is 7.33. The van der Waals surface area contributed by atoms with Gasteiger partial charge in [-0.3, -0.25) is 4.90 Å². The Morgan fingerprint density at radius 1 is 1.33 bits per heavy atom. The maximum atomic E-state index is 13.0. The zero-order chi connectivity index (χ0) is 17.3. The van der Waals surface area contributed by atoms with E-state index in [-0.39, 0.29) is 0 Å². The van der Waals surface area contributed by atoms with Crippen LogP contribution in [0.25, 0.3) is 11.3 Å². The first-order valence-electron chi connectivity index (χ1n) is 8.01. The summed E-state index contributed by atoms with van der Waals surface area (Å²) in [6.45, 7) is 3.87. The minimum Gasteiger partial charge on any atom is -0.375 e. The van der Waals surface area contributed by atoms with Crippen LogP contribution in [0.2, 0.25) is 0 Å². The number of anilines is 1. The molecule has 0 aliphatic carbocycles. The predicted molar refractivity (Wildman–Crippen MR) is 90.7 cm³/mol. The van der Waals surface area contributed by atoms with Crippen LogP contribution in [0.4, 0.5) is 18.3 Å². The largest absolute Gasteiger partial charge is 0.416 e. The molecule has 130 valence electrons. The number of nitrogens with zero attached hydrogens (tertiary/aromatic N) is 2. The van der Waals surface area contributed by atoms with Gasteiger partial charge in [-0.2, -0.15) is 13.2 Å². The molecule has 1 fully saturated rings. The van der Waals surface area contributed by atoms with Crippen molar-refractivity contribution in [1.29, 1.82) is 0 Å². The van der Waals surface area contributed by atoms with E-state index in [2.05, 4.69) is 16.8 Å². The third-order valence-electron chi connectivity index (χ3n) is 4.46. The lowest BCUT2D eigenvalue weighted by Crippen LogP contribution is -2.36. The first-order chi connectivity index (χ1) is 11.3. The van der Waals surface area contributed by atoms with Gasteiger partial charge in [-0.05, 0) is 38.4 Å². The third kappa shape index (κ3) is 3.72. The van der Waals surface area contributed by atoms with Gasteiger partial charge < -0.3 is 5.73 Å². The summed E-state index contributed by atoms with van der Waals surface area (Å²) in [7, 11) is 0. The van der Waals surface area contributed by atoms with E-state index in [4.69, 9.17) is 5.73 Å². The van der Waals surface area contributed by atoms with Gasteiger partial charge in [-0.1, -0.05) is 18.6 Å². The fourth-order valence-corrected chi connectivity index (χ4v) is 4.00. The average molecular weight is 355 g/mol. The minimum atomic E-state index is -4.36. The van der Waals surface area contributed by atoms with Gasteiger partial charge >= 0.3 is 6.18 Å². The molecule has 1 atom stereocenters. The molecule has 2 N–H and O–H groups in total. The normalized spacial score (nSPS) is 19.6. The number of rotatable bonds is 3. The van der Waals surface area contributed by atoms with E-state index in [0.29, 0.717) is 29.0 Å². The lowest BCUT2D eigenvalue weighted by molar-refractivity contribution is -0.137. The van der Waals surface area contributed by atoms with Crippen LogP contribution in [0.3, 0.4) is 0 Å². The van der Waals surface area contributed by atoms with E-state index in [0.717, 1.165) is 36.4 Å². The van der Waals surface area contributed by atoms with Gasteiger partial charge in [0.1, 0.15) is 0 Å². The Morgan fingerprint density at radius 3 is 2.83 bits per heavy atom. The number of piperidine rings is 1.